The molecular formula is C8H8FNO3. The smallest absolute Gasteiger partial charge is 0.346 e. The van der Waals surface area contributed by atoms with Crippen molar-refractivity contribution in [3.05, 3.63) is 33.6 Å². The third-order valence-electron chi connectivity index (χ3n) is 1.67. The van der Waals surface area contributed by atoms with Crippen LogP contribution in [0, 0.1) is 22.9 Å². The number of nitro benzene ring substituents is 1. The summed E-state index contributed by atoms with van der Waals surface area (Å²) in [5.74, 6) is -0.905. The number of nitro groups is 1. The third kappa shape index (κ3) is 1.58. The largest absolute Gasteiger partial charge is 0.490 e. The first-order chi connectivity index (χ1) is 6.07. The minimum Gasteiger partial charge on any atom is -0.490 e. The van der Waals surface area contributed by atoms with Gasteiger partial charge in [0.2, 0.25) is 5.82 Å². The van der Waals surface area contributed by atoms with Crippen LogP contribution in [-0.4, -0.2) is 12.0 Å². The number of aryl methyl sites for hydroxylation is 1. The van der Waals surface area contributed by atoms with Crippen LogP contribution >= 0.6 is 0 Å². The Labute approximate surface area is 74.1 Å². The SMILES string of the molecule is COc1ccc(C)c(F)c1[N+](=O)[O-]. The summed E-state index contributed by atoms with van der Waals surface area (Å²) in [7, 11) is 1.26. The fourth-order valence-corrected chi connectivity index (χ4v) is 0.983. The Hall–Kier alpha value is -1.65. The zero-order valence-electron chi connectivity index (χ0n) is 7.20. The quantitative estimate of drug-likeness (QED) is 0.523. The van der Waals surface area contributed by atoms with Crippen LogP contribution in [0.15, 0.2) is 12.1 Å². The molecule has 0 aliphatic rings. The van der Waals surface area contributed by atoms with Gasteiger partial charge < -0.3 is 4.74 Å². The topological polar surface area (TPSA) is 52.4 Å². The Bertz CT molecular complexity index is 351. The summed E-state index contributed by atoms with van der Waals surface area (Å²) in [4.78, 5) is 9.65. The fraction of sp³-hybridized carbons (Fsp3) is 0.250. The van der Waals surface area contributed by atoms with E-state index in [2.05, 4.69) is 4.74 Å². The van der Waals surface area contributed by atoms with Gasteiger partial charge in [0.15, 0.2) is 5.75 Å². The van der Waals surface area contributed by atoms with Gasteiger partial charge in [0.1, 0.15) is 0 Å². The maximum absolute atomic E-state index is 13.2. The van der Waals surface area contributed by atoms with Crippen molar-refractivity contribution in [2.24, 2.45) is 0 Å². The van der Waals surface area contributed by atoms with Gasteiger partial charge >= 0.3 is 5.69 Å². The molecule has 0 heterocycles. The maximum atomic E-state index is 13.2. The predicted octanol–water partition coefficient (Wildman–Crippen LogP) is 2.05. The van der Waals surface area contributed by atoms with Gasteiger partial charge in [-0.15, -0.1) is 0 Å². The van der Waals surface area contributed by atoms with Crippen molar-refractivity contribution in [1.29, 1.82) is 0 Å². The molecule has 0 saturated carbocycles. The van der Waals surface area contributed by atoms with E-state index in [1.54, 1.807) is 0 Å². The molecule has 1 aromatic carbocycles. The van der Waals surface area contributed by atoms with Gasteiger partial charge in [0, 0.05) is 0 Å². The van der Waals surface area contributed by atoms with Gasteiger partial charge in [0.25, 0.3) is 0 Å². The predicted molar refractivity (Wildman–Crippen MR) is 44.3 cm³/mol. The summed E-state index contributed by atoms with van der Waals surface area (Å²) >= 11 is 0. The Morgan fingerprint density at radius 1 is 1.54 bits per heavy atom. The second kappa shape index (κ2) is 3.38. The molecule has 5 heteroatoms. The lowest BCUT2D eigenvalue weighted by Gasteiger charge is -2.03. The van der Waals surface area contributed by atoms with E-state index in [1.807, 2.05) is 0 Å². The minimum absolute atomic E-state index is 0.0619. The molecule has 0 N–H and O–H groups in total. The highest BCUT2D eigenvalue weighted by Gasteiger charge is 2.22. The number of benzene rings is 1. The van der Waals surface area contributed by atoms with Gasteiger partial charge in [-0.2, -0.15) is 4.39 Å². The summed E-state index contributed by atoms with van der Waals surface area (Å²) in [5.41, 5.74) is -0.380. The first kappa shape index (κ1) is 9.44. The van der Waals surface area contributed by atoms with E-state index in [0.29, 0.717) is 0 Å². The molecule has 0 radical (unpaired) electrons. The molecule has 0 aliphatic heterocycles. The zero-order valence-corrected chi connectivity index (χ0v) is 7.20. The monoisotopic (exact) mass is 185 g/mol. The van der Waals surface area contributed by atoms with Crippen molar-refractivity contribution < 1.29 is 14.1 Å². The molecule has 4 nitrogen and oxygen atoms in total. The van der Waals surface area contributed by atoms with E-state index in [1.165, 1.54) is 26.2 Å². The number of nitrogens with zero attached hydrogens (tertiary/aromatic N) is 1. The summed E-state index contributed by atoms with van der Waals surface area (Å²) < 4.78 is 17.8. The van der Waals surface area contributed by atoms with Crippen molar-refractivity contribution in [2.75, 3.05) is 7.11 Å². The van der Waals surface area contributed by atoms with Crippen molar-refractivity contribution in [3.8, 4) is 5.75 Å². The number of hydrogen-bond acceptors (Lipinski definition) is 3. The Kier molecular flexibility index (Phi) is 2.46. The van der Waals surface area contributed by atoms with Crippen molar-refractivity contribution >= 4 is 5.69 Å². The maximum Gasteiger partial charge on any atom is 0.346 e. The molecule has 1 aromatic rings. The molecular weight excluding hydrogens is 177 g/mol. The summed E-state index contributed by atoms with van der Waals surface area (Å²) in [6, 6.07) is 2.80. The van der Waals surface area contributed by atoms with Crippen molar-refractivity contribution in [1.82, 2.24) is 0 Å². The molecule has 1 rings (SSSR count). The molecule has 70 valence electrons. The van der Waals surface area contributed by atoms with E-state index in [-0.39, 0.29) is 11.3 Å². The fourth-order valence-electron chi connectivity index (χ4n) is 0.983. The molecule has 0 saturated heterocycles. The average Bonchev–Trinajstić information content (AvgIpc) is 2.08. The number of rotatable bonds is 2. The third-order valence-corrected chi connectivity index (χ3v) is 1.67. The summed E-state index contributed by atoms with van der Waals surface area (Å²) in [5, 5.41) is 10.4. The molecule has 0 aliphatic carbocycles. The molecule has 0 unspecified atom stereocenters. The lowest BCUT2D eigenvalue weighted by Crippen LogP contribution is -1.98. The van der Waals surface area contributed by atoms with Crippen LogP contribution in [0.3, 0.4) is 0 Å². The van der Waals surface area contributed by atoms with Gasteiger partial charge in [0.05, 0.1) is 12.0 Å². The van der Waals surface area contributed by atoms with Gasteiger partial charge in [-0.1, -0.05) is 6.07 Å². The number of hydrogen-bond donors (Lipinski definition) is 0. The van der Waals surface area contributed by atoms with Crippen molar-refractivity contribution in [3.63, 3.8) is 0 Å². The standard InChI is InChI=1S/C8H8FNO3/c1-5-3-4-6(13-2)8(7(5)9)10(11)12/h3-4H,1-2H3. The number of methoxy groups -OCH3 is 1. The minimum atomic E-state index is -0.843. The highest BCUT2D eigenvalue weighted by Crippen LogP contribution is 2.31. The van der Waals surface area contributed by atoms with Crippen LogP contribution in [0.2, 0.25) is 0 Å². The van der Waals surface area contributed by atoms with Crippen LogP contribution in [-0.2, 0) is 0 Å². The first-order valence-electron chi connectivity index (χ1n) is 3.55. The van der Waals surface area contributed by atoms with Crippen molar-refractivity contribution in [2.45, 2.75) is 6.92 Å². The highest BCUT2D eigenvalue weighted by atomic mass is 19.1. The second-order valence-electron chi connectivity index (χ2n) is 2.50. The highest BCUT2D eigenvalue weighted by molar-refractivity contribution is 5.49. The van der Waals surface area contributed by atoms with E-state index in [0.717, 1.165) is 0 Å². The van der Waals surface area contributed by atoms with Gasteiger partial charge in [-0.05, 0) is 18.6 Å². The average molecular weight is 185 g/mol. The van der Waals surface area contributed by atoms with E-state index in [9.17, 15) is 14.5 Å². The summed E-state index contributed by atoms with van der Waals surface area (Å²) in [6.07, 6.45) is 0. The molecule has 13 heavy (non-hydrogen) atoms. The number of ether oxygens (including phenoxy) is 1. The van der Waals surface area contributed by atoms with E-state index in [4.69, 9.17) is 0 Å². The molecule has 0 fully saturated rings. The molecule has 0 bridgehead atoms. The molecule has 0 aromatic heterocycles. The number of halogens is 1. The van der Waals surface area contributed by atoms with Gasteiger partial charge in [-0.25, -0.2) is 0 Å². The van der Waals surface area contributed by atoms with E-state index >= 15 is 0 Å². The summed E-state index contributed by atoms with van der Waals surface area (Å²) in [6.45, 7) is 1.46. The van der Waals surface area contributed by atoms with Gasteiger partial charge in [-0.3, -0.25) is 10.1 Å². The van der Waals surface area contributed by atoms with Crippen LogP contribution < -0.4 is 4.74 Å². The first-order valence-corrected chi connectivity index (χ1v) is 3.55. The van der Waals surface area contributed by atoms with Crippen LogP contribution in [0.4, 0.5) is 10.1 Å². The Morgan fingerprint density at radius 3 is 2.62 bits per heavy atom. The molecule has 0 atom stereocenters. The van der Waals surface area contributed by atoms with Crippen LogP contribution in [0.1, 0.15) is 5.56 Å². The lowest BCUT2D eigenvalue weighted by atomic mass is 10.2. The van der Waals surface area contributed by atoms with Crippen LogP contribution in [0.25, 0.3) is 0 Å². The normalized spacial score (nSPS) is 9.77. The Morgan fingerprint density at radius 2 is 2.15 bits per heavy atom. The second-order valence-corrected chi connectivity index (χ2v) is 2.50. The molecule has 0 amide bonds. The lowest BCUT2D eigenvalue weighted by molar-refractivity contribution is -0.388. The molecule has 0 spiro atoms. The van der Waals surface area contributed by atoms with Crippen LogP contribution in [0.5, 0.6) is 5.75 Å². The zero-order chi connectivity index (χ0) is 10.0. The van der Waals surface area contributed by atoms with E-state index < -0.39 is 16.4 Å². The Balaban J connectivity index is 3.41.